The van der Waals surface area contributed by atoms with Crippen LogP contribution in [0.3, 0.4) is 0 Å². The summed E-state index contributed by atoms with van der Waals surface area (Å²) in [6, 6.07) is 7.71. The lowest BCUT2D eigenvalue weighted by Gasteiger charge is -2.28. The van der Waals surface area contributed by atoms with Crippen LogP contribution < -0.4 is 5.32 Å². The van der Waals surface area contributed by atoms with Crippen LogP contribution >= 0.6 is 0 Å². The zero-order valence-corrected chi connectivity index (χ0v) is 19.1. The lowest BCUT2D eigenvalue weighted by atomic mass is 9.87. The van der Waals surface area contributed by atoms with Crippen molar-refractivity contribution in [2.75, 3.05) is 19.6 Å². The molecule has 1 N–H and O–H groups in total. The Labute approximate surface area is 191 Å². The Kier molecular flexibility index (Phi) is 6.74. The Morgan fingerprint density at radius 3 is 2.70 bits per heavy atom. The van der Waals surface area contributed by atoms with E-state index in [0.717, 1.165) is 58.9 Å². The number of aryl methyl sites for hydroxylation is 1. The van der Waals surface area contributed by atoms with Crippen LogP contribution in [-0.2, 0) is 7.05 Å². The number of aromatic nitrogens is 2. The molecule has 2 aromatic carbocycles. The van der Waals surface area contributed by atoms with E-state index in [4.69, 9.17) is 0 Å². The maximum atomic E-state index is 14.3. The summed E-state index contributed by atoms with van der Waals surface area (Å²) in [5.74, 6) is -0.887. The Balaban J connectivity index is 1.89. The summed E-state index contributed by atoms with van der Waals surface area (Å²) < 4.78 is 42.5. The molecule has 1 amide bonds. The molecule has 1 aliphatic heterocycles. The van der Waals surface area contributed by atoms with Gasteiger partial charge in [-0.15, -0.1) is 0 Å². The second-order valence-corrected chi connectivity index (χ2v) is 8.94. The molecule has 1 aliphatic rings. The summed E-state index contributed by atoms with van der Waals surface area (Å²) >= 11 is 0. The average molecular weight is 459 g/mol. The van der Waals surface area contributed by atoms with Gasteiger partial charge in [0.05, 0.1) is 23.8 Å². The number of hydrogen-bond donors (Lipinski definition) is 1. The third kappa shape index (κ3) is 4.76. The SMILES string of the molecule is CC(C)N(CC(F)F)C(=O)c1cc(F)ccc1-c1cc(C2CCCNC2)cc2c1cnn2C. The highest BCUT2D eigenvalue weighted by Gasteiger charge is 2.27. The predicted molar refractivity (Wildman–Crippen MR) is 123 cm³/mol. The summed E-state index contributed by atoms with van der Waals surface area (Å²) in [6.45, 7) is 4.49. The number of rotatable bonds is 6. The Morgan fingerprint density at radius 1 is 1.24 bits per heavy atom. The second kappa shape index (κ2) is 9.55. The number of amides is 1. The molecule has 0 saturated carbocycles. The molecule has 8 heteroatoms. The molecule has 3 aromatic rings. The van der Waals surface area contributed by atoms with E-state index in [0.29, 0.717) is 11.5 Å². The normalized spacial score (nSPS) is 16.7. The van der Waals surface area contributed by atoms with Crippen molar-refractivity contribution in [1.82, 2.24) is 20.0 Å². The molecule has 1 unspecified atom stereocenters. The number of carbonyl (C=O) groups is 1. The molecular weight excluding hydrogens is 429 g/mol. The quantitative estimate of drug-likeness (QED) is 0.568. The molecule has 1 saturated heterocycles. The number of nitrogens with zero attached hydrogens (tertiary/aromatic N) is 3. The smallest absolute Gasteiger partial charge is 0.255 e. The van der Waals surface area contributed by atoms with Gasteiger partial charge in [0, 0.05) is 25.0 Å². The predicted octanol–water partition coefficient (Wildman–Crippen LogP) is 4.96. The van der Waals surface area contributed by atoms with Gasteiger partial charge in [-0.1, -0.05) is 6.07 Å². The van der Waals surface area contributed by atoms with E-state index in [1.165, 1.54) is 6.07 Å². The molecule has 0 radical (unpaired) electrons. The van der Waals surface area contributed by atoms with E-state index >= 15 is 0 Å². The van der Waals surface area contributed by atoms with Crippen molar-refractivity contribution in [2.45, 2.75) is 45.1 Å². The van der Waals surface area contributed by atoms with Crippen molar-refractivity contribution in [3.63, 3.8) is 0 Å². The molecule has 176 valence electrons. The van der Waals surface area contributed by atoms with E-state index in [-0.39, 0.29) is 5.56 Å². The van der Waals surface area contributed by atoms with Crippen LogP contribution in [0.15, 0.2) is 36.5 Å². The van der Waals surface area contributed by atoms with Crippen molar-refractivity contribution in [3.05, 3.63) is 53.5 Å². The first kappa shape index (κ1) is 23.3. The molecule has 1 atom stereocenters. The van der Waals surface area contributed by atoms with Crippen molar-refractivity contribution < 1.29 is 18.0 Å². The number of fused-ring (bicyclic) bond motifs is 1. The molecule has 0 aliphatic carbocycles. The zero-order valence-electron chi connectivity index (χ0n) is 19.1. The van der Waals surface area contributed by atoms with E-state index in [2.05, 4.69) is 16.5 Å². The number of benzene rings is 2. The topological polar surface area (TPSA) is 50.2 Å². The highest BCUT2D eigenvalue weighted by Crippen LogP contribution is 2.36. The summed E-state index contributed by atoms with van der Waals surface area (Å²) in [5, 5.41) is 8.65. The van der Waals surface area contributed by atoms with Gasteiger partial charge in [0.15, 0.2) is 0 Å². The third-order valence-corrected chi connectivity index (χ3v) is 6.38. The zero-order chi connectivity index (χ0) is 23.7. The van der Waals surface area contributed by atoms with Gasteiger partial charge >= 0.3 is 0 Å². The Hall–Kier alpha value is -2.87. The van der Waals surface area contributed by atoms with Crippen LogP contribution in [0.2, 0.25) is 0 Å². The maximum absolute atomic E-state index is 14.3. The first-order valence-electron chi connectivity index (χ1n) is 11.3. The second-order valence-electron chi connectivity index (χ2n) is 8.94. The van der Waals surface area contributed by atoms with Crippen LogP contribution in [0, 0.1) is 5.82 Å². The Bertz CT molecular complexity index is 1150. The Morgan fingerprint density at radius 2 is 2.03 bits per heavy atom. The highest BCUT2D eigenvalue weighted by atomic mass is 19.3. The van der Waals surface area contributed by atoms with Crippen molar-refractivity contribution in [3.8, 4) is 11.1 Å². The summed E-state index contributed by atoms with van der Waals surface area (Å²) in [4.78, 5) is 14.5. The lowest BCUT2D eigenvalue weighted by Crippen LogP contribution is -2.40. The third-order valence-electron chi connectivity index (χ3n) is 6.38. The highest BCUT2D eigenvalue weighted by molar-refractivity contribution is 6.05. The average Bonchev–Trinajstić information content (AvgIpc) is 3.17. The minimum Gasteiger partial charge on any atom is -0.330 e. The minimum absolute atomic E-state index is 0.0772. The van der Waals surface area contributed by atoms with Crippen molar-refractivity contribution in [2.24, 2.45) is 7.05 Å². The van der Waals surface area contributed by atoms with Crippen LogP contribution in [0.4, 0.5) is 13.2 Å². The number of alkyl halides is 2. The fourth-order valence-corrected chi connectivity index (χ4v) is 4.62. The molecule has 33 heavy (non-hydrogen) atoms. The number of nitrogens with one attached hydrogen (secondary N) is 1. The van der Waals surface area contributed by atoms with Gasteiger partial charge in [-0.05, 0) is 80.1 Å². The van der Waals surface area contributed by atoms with Crippen LogP contribution in [0.5, 0.6) is 0 Å². The molecule has 4 rings (SSSR count). The standard InChI is InChI=1S/C25H29F3N4O/c1-15(2)32(14-24(27)28)25(33)21-11-18(26)6-7-19(21)20-9-17(16-5-4-8-29-12-16)10-23-22(20)13-30-31(23)3/h6-7,9-11,13,15-16,24,29H,4-5,8,12,14H2,1-3H3. The number of halogens is 3. The van der Waals surface area contributed by atoms with Gasteiger partial charge in [-0.25, -0.2) is 13.2 Å². The maximum Gasteiger partial charge on any atom is 0.255 e. The van der Waals surface area contributed by atoms with Gasteiger partial charge < -0.3 is 10.2 Å². The van der Waals surface area contributed by atoms with Gasteiger partial charge in [-0.2, -0.15) is 5.10 Å². The van der Waals surface area contributed by atoms with Crippen molar-refractivity contribution in [1.29, 1.82) is 0 Å². The number of hydrogen-bond acceptors (Lipinski definition) is 3. The van der Waals surface area contributed by atoms with Crippen LogP contribution in [-0.4, -0.2) is 52.7 Å². The number of carbonyl (C=O) groups excluding carboxylic acids is 1. The molecule has 1 fully saturated rings. The summed E-state index contributed by atoms with van der Waals surface area (Å²) in [5.41, 5.74) is 3.37. The first-order valence-corrected chi connectivity index (χ1v) is 11.3. The summed E-state index contributed by atoms with van der Waals surface area (Å²) in [6.07, 6.45) is 1.16. The van der Waals surface area contributed by atoms with Gasteiger partial charge in [0.25, 0.3) is 12.3 Å². The summed E-state index contributed by atoms with van der Waals surface area (Å²) in [7, 11) is 1.86. The van der Waals surface area contributed by atoms with E-state index in [9.17, 15) is 18.0 Å². The van der Waals surface area contributed by atoms with Gasteiger partial charge in [-0.3, -0.25) is 9.48 Å². The van der Waals surface area contributed by atoms with Crippen LogP contribution in [0.25, 0.3) is 22.0 Å². The van der Waals surface area contributed by atoms with E-state index in [1.807, 2.05) is 13.1 Å². The van der Waals surface area contributed by atoms with E-state index in [1.54, 1.807) is 30.8 Å². The van der Waals surface area contributed by atoms with E-state index < -0.39 is 30.7 Å². The molecule has 5 nitrogen and oxygen atoms in total. The molecular formula is C25H29F3N4O. The fourth-order valence-electron chi connectivity index (χ4n) is 4.62. The monoisotopic (exact) mass is 458 g/mol. The molecule has 1 aromatic heterocycles. The van der Waals surface area contributed by atoms with Gasteiger partial charge in [0.2, 0.25) is 0 Å². The molecule has 0 bridgehead atoms. The molecule has 2 heterocycles. The first-order chi connectivity index (χ1) is 15.8. The van der Waals surface area contributed by atoms with Crippen LogP contribution in [0.1, 0.15) is 48.5 Å². The number of piperidine rings is 1. The van der Waals surface area contributed by atoms with Gasteiger partial charge in [0.1, 0.15) is 5.82 Å². The molecule has 0 spiro atoms. The fraction of sp³-hybridized carbons (Fsp3) is 0.440. The lowest BCUT2D eigenvalue weighted by molar-refractivity contribution is 0.0476. The minimum atomic E-state index is -2.68. The van der Waals surface area contributed by atoms with Crippen molar-refractivity contribution >= 4 is 16.8 Å². The largest absolute Gasteiger partial charge is 0.330 e.